The van der Waals surface area contributed by atoms with Crippen LogP contribution in [-0.4, -0.2) is 52.3 Å². The summed E-state index contributed by atoms with van der Waals surface area (Å²) in [5.74, 6) is 0.434. The zero-order valence-electron chi connectivity index (χ0n) is 10.7. The highest BCUT2D eigenvalue weighted by atomic mass is 32.2. The van der Waals surface area contributed by atoms with Gasteiger partial charge in [-0.3, -0.25) is 4.79 Å². The van der Waals surface area contributed by atoms with Crippen LogP contribution >= 0.6 is 23.5 Å². The summed E-state index contributed by atoms with van der Waals surface area (Å²) >= 11 is 3.23. The van der Waals surface area contributed by atoms with Gasteiger partial charge in [0.1, 0.15) is 5.37 Å². The van der Waals surface area contributed by atoms with Gasteiger partial charge in [-0.05, 0) is 24.0 Å². The normalized spacial score (nSPS) is 20.9. The monoisotopic (exact) mass is 299 g/mol. The minimum atomic E-state index is -0.879. The molecule has 0 spiro atoms. The fourth-order valence-corrected chi connectivity index (χ4v) is 3.59. The van der Waals surface area contributed by atoms with Gasteiger partial charge in [0.05, 0.1) is 25.0 Å². The van der Waals surface area contributed by atoms with E-state index in [9.17, 15) is 9.90 Å². The first-order chi connectivity index (χ1) is 9.15. The first-order valence-electron chi connectivity index (χ1n) is 5.99. The highest BCUT2D eigenvalue weighted by Gasteiger charge is 2.33. The molecule has 104 valence electrons. The van der Waals surface area contributed by atoms with Gasteiger partial charge in [0, 0.05) is 4.90 Å². The maximum absolute atomic E-state index is 11.8. The number of hydrogen-bond donors (Lipinski definition) is 2. The van der Waals surface area contributed by atoms with E-state index in [1.807, 2.05) is 30.5 Å². The van der Waals surface area contributed by atoms with Gasteiger partial charge in [0.25, 0.3) is 0 Å². The molecule has 1 fully saturated rings. The van der Waals surface area contributed by atoms with E-state index in [0.29, 0.717) is 5.75 Å². The minimum absolute atomic E-state index is 0.0106. The number of aliphatic hydroxyl groups is 2. The molecule has 2 unspecified atom stereocenters. The van der Waals surface area contributed by atoms with Crippen molar-refractivity contribution < 1.29 is 15.0 Å². The number of nitrogens with zero attached hydrogens (tertiary/aromatic N) is 1. The molecule has 1 aliphatic heterocycles. The van der Waals surface area contributed by atoms with Crippen LogP contribution in [0.3, 0.4) is 0 Å². The molecule has 0 aliphatic carbocycles. The molecule has 2 N–H and O–H groups in total. The molecular weight excluding hydrogens is 282 g/mol. The Kier molecular flexibility index (Phi) is 5.15. The maximum atomic E-state index is 11.8. The topological polar surface area (TPSA) is 60.8 Å². The minimum Gasteiger partial charge on any atom is -0.394 e. The van der Waals surface area contributed by atoms with Crippen LogP contribution in [0.4, 0.5) is 0 Å². The highest BCUT2D eigenvalue weighted by Crippen LogP contribution is 2.38. The van der Waals surface area contributed by atoms with Gasteiger partial charge in [0.2, 0.25) is 5.91 Å². The van der Waals surface area contributed by atoms with E-state index in [0.717, 1.165) is 5.56 Å². The fraction of sp³-hybridized carbons (Fsp3) is 0.462. The third-order valence-corrected chi connectivity index (χ3v) is 4.99. The average molecular weight is 299 g/mol. The van der Waals surface area contributed by atoms with Gasteiger partial charge < -0.3 is 15.1 Å². The molecule has 1 aromatic carbocycles. The molecule has 0 saturated carbocycles. The lowest BCUT2D eigenvalue weighted by atomic mass is 10.2. The fourth-order valence-electron chi connectivity index (χ4n) is 1.98. The number of β-amino-alcohol motifs (C(OH)–C–C–N with tert-alkyl or cyclic N) is 1. The molecular formula is C13H17NO3S2. The number of carbonyl (C=O) groups is 1. The van der Waals surface area contributed by atoms with Crippen molar-refractivity contribution >= 4 is 29.4 Å². The second-order valence-electron chi connectivity index (χ2n) is 4.32. The summed E-state index contributed by atoms with van der Waals surface area (Å²) in [5, 5.41) is 18.4. The molecule has 1 saturated heterocycles. The number of thioether (sulfide) groups is 2. The summed E-state index contributed by atoms with van der Waals surface area (Å²) in [6, 6.07) is 8.09. The second kappa shape index (κ2) is 6.65. The van der Waals surface area contributed by atoms with Crippen molar-refractivity contribution in [3.63, 3.8) is 0 Å². The third-order valence-electron chi connectivity index (χ3n) is 2.99. The zero-order valence-corrected chi connectivity index (χ0v) is 12.3. The number of amides is 1. The lowest BCUT2D eigenvalue weighted by molar-refractivity contribution is -0.129. The van der Waals surface area contributed by atoms with E-state index in [1.54, 1.807) is 28.4 Å². The lowest BCUT2D eigenvalue weighted by Crippen LogP contribution is -2.37. The average Bonchev–Trinajstić information content (AvgIpc) is 2.80. The number of aliphatic hydroxyl groups excluding tert-OH is 2. The molecule has 1 aromatic rings. The smallest absolute Gasteiger partial charge is 0.233 e. The van der Waals surface area contributed by atoms with Gasteiger partial charge >= 0.3 is 0 Å². The molecule has 6 heteroatoms. The van der Waals surface area contributed by atoms with E-state index < -0.39 is 6.10 Å². The van der Waals surface area contributed by atoms with Gasteiger partial charge in [-0.25, -0.2) is 0 Å². The Morgan fingerprint density at radius 3 is 2.74 bits per heavy atom. The zero-order chi connectivity index (χ0) is 13.8. The molecule has 1 amide bonds. The van der Waals surface area contributed by atoms with Crippen molar-refractivity contribution in [2.45, 2.75) is 16.4 Å². The second-order valence-corrected chi connectivity index (χ2v) is 6.27. The van der Waals surface area contributed by atoms with Crippen LogP contribution in [0.15, 0.2) is 29.2 Å². The summed E-state index contributed by atoms with van der Waals surface area (Å²) in [6.07, 6.45) is 1.14. The standard InChI is InChI=1S/C13H17NO3S2/c1-18-11-4-2-9(3-5-11)13-14(6-10(16)7-15)12(17)8-19-13/h2-5,10,13,15-16H,6-8H2,1H3. The number of hydrogen-bond acceptors (Lipinski definition) is 5. The molecule has 0 radical (unpaired) electrons. The van der Waals surface area contributed by atoms with Crippen LogP contribution in [0, 0.1) is 0 Å². The van der Waals surface area contributed by atoms with E-state index >= 15 is 0 Å². The van der Waals surface area contributed by atoms with Crippen LogP contribution < -0.4 is 0 Å². The van der Waals surface area contributed by atoms with Crippen molar-refractivity contribution in [1.29, 1.82) is 0 Å². The summed E-state index contributed by atoms with van der Waals surface area (Å²) in [4.78, 5) is 14.7. The van der Waals surface area contributed by atoms with Crippen LogP contribution in [0.25, 0.3) is 0 Å². The van der Waals surface area contributed by atoms with Gasteiger partial charge in [-0.1, -0.05) is 12.1 Å². The summed E-state index contributed by atoms with van der Waals surface area (Å²) < 4.78 is 0. The molecule has 2 rings (SSSR count). The quantitative estimate of drug-likeness (QED) is 0.803. The summed E-state index contributed by atoms with van der Waals surface area (Å²) in [7, 11) is 0. The van der Waals surface area contributed by atoms with Gasteiger partial charge in [-0.2, -0.15) is 0 Å². The Labute approximate surface area is 121 Å². The molecule has 0 bridgehead atoms. The molecule has 4 nitrogen and oxygen atoms in total. The van der Waals surface area contributed by atoms with Crippen molar-refractivity contribution in [2.24, 2.45) is 0 Å². The predicted molar refractivity (Wildman–Crippen MR) is 78.2 cm³/mol. The first kappa shape index (κ1) is 14.7. The van der Waals surface area contributed by atoms with E-state index in [4.69, 9.17) is 5.11 Å². The summed E-state index contributed by atoms with van der Waals surface area (Å²) in [5.41, 5.74) is 1.05. The van der Waals surface area contributed by atoms with Crippen LogP contribution in [0.1, 0.15) is 10.9 Å². The van der Waals surface area contributed by atoms with E-state index in [-0.39, 0.29) is 24.4 Å². The van der Waals surface area contributed by atoms with Gasteiger partial charge in [-0.15, -0.1) is 23.5 Å². The molecule has 0 aromatic heterocycles. The van der Waals surface area contributed by atoms with Crippen molar-refractivity contribution in [2.75, 3.05) is 25.2 Å². The third kappa shape index (κ3) is 3.45. The lowest BCUT2D eigenvalue weighted by Gasteiger charge is -2.26. The Balaban J connectivity index is 2.14. The number of carbonyl (C=O) groups excluding carboxylic acids is 1. The Hall–Kier alpha value is -0.690. The number of benzene rings is 1. The van der Waals surface area contributed by atoms with Crippen molar-refractivity contribution in [3.8, 4) is 0 Å². The van der Waals surface area contributed by atoms with Crippen LogP contribution in [-0.2, 0) is 4.79 Å². The van der Waals surface area contributed by atoms with Crippen molar-refractivity contribution in [1.82, 2.24) is 4.90 Å². The number of rotatable bonds is 5. The highest BCUT2D eigenvalue weighted by molar-refractivity contribution is 8.00. The molecule has 19 heavy (non-hydrogen) atoms. The Morgan fingerprint density at radius 1 is 1.47 bits per heavy atom. The predicted octanol–water partition coefficient (Wildman–Crippen LogP) is 1.34. The largest absolute Gasteiger partial charge is 0.394 e. The van der Waals surface area contributed by atoms with Crippen molar-refractivity contribution in [3.05, 3.63) is 29.8 Å². The van der Waals surface area contributed by atoms with Crippen LogP contribution in [0.5, 0.6) is 0 Å². The van der Waals surface area contributed by atoms with E-state index in [2.05, 4.69) is 0 Å². The summed E-state index contributed by atoms with van der Waals surface area (Å²) in [6.45, 7) is -0.149. The van der Waals surface area contributed by atoms with Crippen LogP contribution in [0.2, 0.25) is 0 Å². The SMILES string of the molecule is CSc1ccc(C2SCC(=O)N2CC(O)CO)cc1. The molecule has 2 atom stereocenters. The van der Waals surface area contributed by atoms with E-state index in [1.165, 1.54) is 4.90 Å². The van der Waals surface area contributed by atoms with Gasteiger partial charge in [0.15, 0.2) is 0 Å². The molecule has 1 aliphatic rings. The Bertz CT molecular complexity index is 438. The Morgan fingerprint density at radius 2 is 2.16 bits per heavy atom. The molecule has 1 heterocycles. The first-order valence-corrected chi connectivity index (χ1v) is 8.27. The maximum Gasteiger partial charge on any atom is 0.233 e.